The molecule has 5 nitrogen and oxygen atoms in total. The molecule has 76 valence electrons. The molecule has 14 heavy (non-hydrogen) atoms. The summed E-state index contributed by atoms with van der Waals surface area (Å²) >= 11 is 5.59. The number of nitrogens with zero attached hydrogens (tertiary/aromatic N) is 2. The van der Waals surface area contributed by atoms with E-state index in [1.807, 2.05) is 0 Å². The van der Waals surface area contributed by atoms with Crippen molar-refractivity contribution in [3.63, 3.8) is 0 Å². The van der Waals surface area contributed by atoms with Crippen LogP contribution in [0.5, 0.6) is 0 Å². The summed E-state index contributed by atoms with van der Waals surface area (Å²) in [5, 5.41) is 8.75. The van der Waals surface area contributed by atoms with Crippen LogP contribution in [0, 0.1) is 0 Å². The smallest absolute Gasteiger partial charge is 0.356 e. The molecule has 1 atom stereocenters. The van der Waals surface area contributed by atoms with Crippen molar-refractivity contribution in [1.29, 1.82) is 0 Å². The van der Waals surface area contributed by atoms with Gasteiger partial charge in [0.25, 0.3) is 0 Å². The van der Waals surface area contributed by atoms with Gasteiger partial charge in [-0.3, -0.25) is 0 Å². The Kier molecular flexibility index (Phi) is 3.38. The lowest BCUT2D eigenvalue weighted by atomic mass is 10.3. The summed E-state index contributed by atoms with van der Waals surface area (Å²) in [6.07, 6.45) is 0.897. The van der Waals surface area contributed by atoms with Gasteiger partial charge in [-0.15, -0.1) is 0 Å². The van der Waals surface area contributed by atoms with Gasteiger partial charge >= 0.3 is 5.97 Å². The fraction of sp³-hybridized carbons (Fsp3) is 0.375. The van der Waals surface area contributed by atoms with Crippen LogP contribution < -0.4 is 0 Å². The van der Waals surface area contributed by atoms with Gasteiger partial charge in [-0.25, -0.2) is 14.8 Å². The number of hydrogen-bond acceptors (Lipinski definition) is 4. The quantitative estimate of drug-likeness (QED) is 0.830. The average Bonchev–Trinajstić information content (AvgIpc) is 2.17. The molecule has 0 aliphatic carbocycles. The van der Waals surface area contributed by atoms with Gasteiger partial charge in [0.1, 0.15) is 6.10 Å². The Morgan fingerprint density at radius 1 is 1.71 bits per heavy atom. The summed E-state index contributed by atoms with van der Waals surface area (Å²) in [4.78, 5) is 18.3. The molecule has 1 aromatic rings. The second-order valence-electron chi connectivity index (χ2n) is 2.61. The standard InChI is InChI=1S/C8H9ClN2O3/c1-4(14-2)7-10-3-5(9)6(11-7)8(12)13/h3-4H,1-2H3,(H,12,13). The molecule has 0 spiro atoms. The Labute approximate surface area is 85.7 Å². The summed E-state index contributed by atoms with van der Waals surface area (Å²) in [5.74, 6) is -0.878. The number of aromatic carboxylic acids is 1. The average molecular weight is 217 g/mol. The Morgan fingerprint density at radius 3 is 2.86 bits per heavy atom. The first kappa shape index (κ1) is 10.9. The third-order valence-corrected chi connectivity index (χ3v) is 1.96. The van der Waals surface area contributed by atoms with E-state index in [0.29, 0.717) is 5.82 Å². The minimum Gasteiger partial charge on any atom is -0.476 e. The highest BCUT2D eigenvalue weighted by Crippen LogP contribution is 2.16. The van der Waals surface area contributed by atoms with E-state index >= 15 is 0 Å². The van der Waals surface area contributed by atoms with E-state index in [9.17, 15) is 4.79 Å². The minimum atomic E-state index is -1.18. The first-order valence-electron chi connectivity index (χ1n) is 3.84. The monoisotopic (exact) mass is 216 g/mol. The number of ether oxygens (including phenoxy) is 1. The predicted molar refractivity (Wildman–Crippen MR) is 49.4 cm³/mol. The fourth-order valence-electron chi connectivity index (χ4n) is 0.832. The number of methoxy groups -OCH3 is 1. The number of rotatable bonds is 3. The van der Waals surface area contributed by atoms with Gasteiger partial charge in [0.15, 0.2) is 11.5 Å². The molecule has 1 unspecified atom stereocenters. The van der Waals surface area contributed by atoms with Crippen molar-refractivity contribution in [1.82, 2.24) is 9.97 Å². The first-order valence-corrected chi connectivity index (χ1v) is 4.22. The van der Waals surface area contributed by atoms with Gasteiger partial charge in [-0.1, -0.05) is 11.6 Å². The van der Waals surface area contributed by atoms with Crippen molar-refractivity contribution < 1.29 is 14.6 Å². The zero-order chi connectivity index (χ0) is 10.7. The maximum Gasteiger partial charge on any atom is 0.356 e. The molecule has 0 bridgehead atoms. The van der Waals surface area contributed by atoms with Crippen LogP contribution in [0.3, 0.4) is 0 Å². The summed E-state index contributed by atoms with van der Waals surface area (Å²) in [6.45, 7) is 1.72. The molecule has 1 rings (SSSR count). The fourth-order valence-corrected chi connectivity index (χ4v) is 1.00. The van der Waals surface area contributed by atoms with Gasteiger partial charge in [-0.05, 0) is 6.92 Å². The number of hydrogen-bond donors (Lipinski definition) is 1. The molecule has 0 aromatic carbocycles. The lowest BCUT2D eigenvalue weighted by molar-refractivity contribution is 0.0687. The van der Waals surface area contributed by atoms with Crippen LogP contribution in [-0.2, 0) is 4.74 Å². The minimum absolute atomic E-state index is 0.0181. The Morgan fingerprint density at radius 2 is 2.36 bits per heavy atom. The maximum absolute atomic E-state index is 10.7. The lowest BCUT2D eigenvalue weighted by Gasteiger charge is -2.08. The number of aromatic nitrogens is 2. The number of halogens is 1. The van der Waals surface area contributed by atoms with Crippen LogP contribution in [-0.4, -0.2) is 28.2 Å². The van der Waals surface area contributed by atoms with Gasteiger partial charge in [0.05, 0.1) is 11.2 Å². The van der Waals surface area contributed by atoms with E-state index in [0.717, 1.165) is 0 Å². The molecular weight excluding hydrogens is 208 g/mol. The summed E-state index contributed by atoms with van der Waals surface area (Å²) in [7, 11) is 1.49. The van der Waals surface area contributed by atoms with E-state index in [4.69, 9.17) is 21.4 Å². The first-order chi connectivity index (χ1) is 6.56. The largest absolute Gasteiger partial charge is 0.476 e. The van der Waals surface area contributed by atoms with Crippen molar-refractivity contribution in [2.24, 2.45) is 0 Å². The predicted octanol–water partition coefficient (Wildman–Crippen LogP) is 1.54. The second kappa shape index (κ2) is 4.34. The summed E-state index contributed by atoms with van der Waals surface area (Å²) in [5.41, 5.74) is -0.208. The van der Waals surface area contributed by atoms with E-state index < -0.39 is 5.97 Å². The molecule has 1 heterocycles. The third-order valence-electron chi connectivity index (χ3n) is 1.68. The van der Waals surface area contributed by atoms with Gasteiger partial charge < -0.3 is 9.84 Å². The molecular formula is C8H9ClN2O3. The Bertz CT molecular complexity index is 356. The molecule has 0 amide bonds. The van der Waals surface area contributed by atoms with Gasteiger partial charge in [-0.2, -0.15) is 0 Å². The van der Waals surface area contributed by atoms with Crippen molar-refractivity contribution in [3.8, 4) is 0 Å². The highest BCUT2D eigenvalue weighted by Gasteiger charge is 2.15. The highest BCUT2D eigenvalue weighted by molar-refractivity contribution is 6.33. The molecule has 0 aliphatic rings. The van der Waals surface area contributed by atoms with E-state index in [2.05, 4.69) is 9.97 Å². The second-order valence-corrected chi connectivity index (χ2v) is 3.02. The van der Waals surface area contributed by atoms with Gasteiger partial charge in [0.2, 0.25) is 0 Å². The van der Waals surface area contributed by atoms with Crippen molar-refractivity contribution in [3.05, 3.63) is 22.7 Å². The van der Waals surface area contributed by atoms with Crippen LogP contribution >= 0.6 is 11.6 Å². The van der Waals surface area contributed by atoms with E-state index in [1.54, 1.807) is 6.92 Å². The maximum atomic E-state index is 10.7. The molecule has 0 saturated carbocycles. The molecule has 0 radical (unpaired) electrons. The van der Waals surface area contributed by atoms with Crippen LogP contribution in [0.4, 0.5) is 0 Å². The molecule has 1 aromatic heterocycles. The Hall–Kier alpha value is -1.20. The Balaban J connectivity index is 3.12. The SMILES string of the molecule is COC(C)c1ncc(Cl)c(C(=O)O)n1. The number of carboxylic acid groups (broad SMARTS) is 1. The molecule has 6 heteroatoms. The normalized spacial score (nSPS) is 12.5. The van der Waals surface area contributed by atoms with Crippen molar-refractivity contribution in [2.45, 2.75) is 13.0 Å². The third kappa shape index (κ3) is 2.18. The van der Waals surface area contributed by atoms with Gasteiger partial charge in [0, 0.05) is 7.11 Å². The number of carbonyl (C=O) groups is 1. The van der Waals surface area contributed by atoms with Crippen LogP contribution in [0.2, 0.25) is 5.02 Å². The molecule has 1 N–H and O–H groups in total. The summed E-state index contributed by atoms with van der Waals surface area (Å²) < 4.78 is 4.95. The summed E-state index contributed by atoms with van der Waals surface area (Å²) in [6, 6.07) is 0. The zero-order valence-electron chi connectivity index (χ0n) is 7.69. The van der Waals surface area contributed by atoms with Crippen LogP contribution in [0.25, 0.3) is 0 Å². The van der Waals surface area contributed by atoms with Crippen LogP contribution in [0.1, 0.15) is 29.3 Å². The topological polar surface area (TPSA) is 72.3 Å². The van der Waals surface area contributed by atoms with Crippen LogP contribution in [0.15, 0.2) is 6.20 Å². The lowest BCUT2D eigenvalue weighted by Crippen LogP contribution is -2.09. The van der Waals surface area contributed by atoms with E-state index in [-0.39, 0.29) is 16.8 Å². The van der Waals surface area contributed by atoms with E-state index in [1.165, 1.54) is 13.3 Å². The molecule has 0 aliphatic heterocycles. The van der Waals surface area contributed by atoms with Crippen molar-refractivity contribution in [2.75, 3.05) is 7.11 Å². The molecule has 0 fully saturated rings. The molecule has 0 saturated heterocycles. The zero-order valence-corrected chi connectivity index (χ0v) is 8.45. The highest BCUT2D eigenvalue weighted by atomic mass is 35.5. The van der Waals surface area contributed by atoms with Crippen molar-refractivity contribution >= 4 is 17.6 Å². The number of carboxylic acids is 1.